The summed E-state index contributed by atoms with van der Waals surface area (Å²) in [6, 6.07) is 11.5. The van der Waals surface area contributed by atoms with Gasteiger partial charge in [0.05, 0.1) is 43.2 Å². The molecule has 2 aliphatic rings. The molecule has 0 saturated heterocycles. The Morgan fingerprint density at radius 3 is 2.53 bits per heavy atom. The van der Waals surface area contributed by atoms with Gasteiger partial charge in [-0.1, -0.05) is 12.1 Å². The van der Waals surface area contributed by atoms with E-state index in [1.807, 2.05) is 13.8 Å². The van der Waals surface area contributed by atoms with Crippen molar-refractivity contribution >= 4 is 6.09 Å². The van der Waals surface area contributed by atoms with Crippen LogP contribution >= 0.6 is 0 Å². The largest absolute Gasteiger partial charge is 0.493 e. The molecule has 0 bridgehead atoms. The molecule has 0 spiro atoms. The van der Waals surface area contributed by atoms with Crippen molar-refractivity contribution in [1.82, 2.24) is 4.90 Å². The first-order valence-electron chi connectivity index (χ1n) is 11.0. The number of allylic oxidation sites excluding steroid dienone is 2. The molecule has 0 saturated carbocycles. The maximum absolute atomic E-state index is 12.5. The summed E-state index contributed by atoms with van der Waals surface area (Å²) in [5, 5.41) is 30.3. The maximum Gasteiger partial charge on any atom is 0.410 e. The molecular weight excluding hydrogens is 434 g/mol. The quantitative estimate of drug-likeness (QED) is 0.702. The minimum Gasteiger partial charge on any atom is -0.493 e. The van der Waals surface area contributed by atoms with Crippen molar-refractivity contribution < 1.29 is 19.0 Å². The molecule has 34 heavy (non-hydrogen) atoms. The molecule has 1 aliphatic heterocycles. The molecule has 0 aromatic heterocycles. The van der Waals surface area contributed by atoms with Crippen LogP contribution in [0, 0.1) is 45.3 Å². The van der Waals surface area contributed by atoms with E-state index in [0.717, 1.165) is 0 Å². The molecule has 1 aromatic carbocycles. The molecule has 3 rings (SSSR count). The van der Waals surface area contributed by atoms with Crippen molar-refractivity contribution in [1.29, 1.82) is 15.8 Å². The standard InChI is InChI=1S/C25H27N5O4/c1-5-33-24(31)30-9-8-17-18(11-26)23(29)25(13-27,14-28)22(19(17)12-30)16-6-7-20(34-15(2)3)21(10-16)32-4/h6-8,10,15,19,22H,5,9,12,29H2,1-4H3. The van der Waals surface area contributed by atoms with Gasteiger partial charge < -0.3 is 24.8 Å². The Morgan fingerprint density at radius 2 is 1.97 bits per heavy atom. The monoisotopic (exact) mass is 461 g/mol. The van der Waals surface area contributed by atoms with Gasteiger partial charge in [-0.25, -0.2) is 4.79 Å². The van der Waals surface area contributed by atoms with Gasteiger partial charge in [-0.05, 0) is 44.0 Å². The lowest BCUT2D eigenvalue weighted by molar-refractivity contribution is 0.0999. The second kappa shape index (κ2) is 9.77. The molecule has 1 aliphatic carbocycles. The molecule has 0 fully saturated rings. The number of nitrogens with zero attached hydrogens (tertiary/aromatic N) is 4. The molecule has 2 unspecified atom stereocenters. The number of nitriles is 3. The maximum atomic E-state index is 12.5. The van der Waals surface area contributed by atoms with Crippen molar-refractivity contribution in [3.05, 3.63) is 46.7 Å². The van der Waals surface area contributed by atoms with Crippen molar-refractivity contribution in [3.63, 3.8) is 0 Å². The van der Waals surface area contributed by atoms with Gasteiger partial charge in [0.2, 0.25) is 0 Å². The first-order chi connectivity index (χ1) is 16.3. The minimum absolute atomic E-state index is 0.0847. The van der Waals surface area contributed by atoms with Gasteiger partial charge in [0.1, 0.15) is 6.07 Å². The van der Waals surface area contributed by atoms with Crippen LogP contribution in [0.15, 0.2) is 41.1 Å². The second-order valence-corrected chi connectivity index (χ2v) is 8.36. The summed E-state index contributed by atoms with van der Waals surface area (Å²) in [4.78, 5) is 14.0. The van der Waals surface area contributed by atoms with Crippen molar-refractivity contribution in [2.24, 2.45) is 17.1 Å². The van der Waals surface area contributed by atoms with Crippen molar-refractivity contribution in [2.75, 3.05) is 26.8 Å². The first-order valence-corrected chi connectivity index (χ1v) is 11.0. The number of nitrogens with two attached hydrogens (primary N) is 1. The third-order valence-corrected chi connectivity index (χ3v) is 6.10. The number of amides is 1. The summed E-state index contributed by atoms with van der Waals surface area (Å²) in [6.07, 6.45) is 1.15. The highest BCUT2D eigenvalue weighted by atomic mass is 16.6. The molecule has 176 valence electrons. The second-order valence-electron chi connectivity index (χ2n) is 8.36. The summed E-state index contributed by atoms with van der Waals surface area (Å²) >= 11 is 0. The van der Waals surface area contributed by atoms with Crippen LogP contribution in [0.4, 0.5) is 4.79 Å². The first kappa shape index (κ1) is 24.5. The lowest BCUT2D eigenvalue weighted by Gasteiger charge is -2.45. The van der Waals surface area contributed by atoms with Crippen LogP contribution in [0.25, 0.3) is 0 Å². The van der Waals surface area contributed by atoms with Gasteiger partial charge in [-0.3, -0.25) is 0 Å². The number of fused-ring (bicyclic) bond motifs is 1. The smallest absolute Gasteiger partial charge is 0.410 e. The van der Waals surface area contributed by atoms with Crippen LogP contribution < -0.4 is 15.2 Å². The summed E-state index contributed by atoms with van der Waals surface area (Å²) in [6.45, 7) is 6.10. The lowest BCUT2D eigenvalue weighted by atomic mass is 9.58. The molecule has 2 N–H and O–H groups in total. The van der Waals surface area contributed by atoms with E-state index in [-0.39, 0.29) is 37.1 Å². The highest BCUT2D eigenvalue weighted by Crippen LogP contribution is 2.54. The van der Waals surface area contributed by atoms with Gasteiger partial charge in [-0.2, -0.15) is 15.8 Å². The number of rotatable bonds is 5. The molecule has 1 heterocycles. The summed E-state index contributed by atoms with van der Waals surface area (Å²) in [5.41, 5.74) is 5.77. The predicted molar refractivity (Wildman–Crippen MR) is 122 cm³/mol. The van der Waals surface area contributed by atoms with E-state index in [1.165, 1.54) is 12.0 Å². The summed E-state index contributed by atoms with van der Waals surface area (Å²) in [7, 11) is 1.51. The summed E-state index contributed by atoms with van der Waals surface area (Å²) in [5.74, 6) is -0.357. The van der Waals surface area contributed by atoms with E-state index in [1.54, 1.807) is 31.2 Å². The molecule has 9 heteroatoms. The normalized spacial score (nSPS) is 20.9. The van der Waals surface area contributed by atoms with E-state index in [2.05, 4.69) is 18.2 Å². The van der Waals surface area contributed by atoms with Crippen LogP contribution in [0.3, 0.4) is 0 Å². The average Bonchev–Trinajstić information content (AvgIpc) is 2.83. The Bertz CT molecular complexity index is 1150. The topological polar surface area (TPSA) is 145 Å². The fourth-order valence-corrected chi connectivity index (χ4v) is 4.65. The molecule has 0 radical (unpaired) electrons. The molecular formula is C25H27N5O4. The number of carbonyl (C=O) groups excluding carboxylic acids is 1. The SMILES string of the molecule is CCOC(=O)N1CC=C2C(C#N)=C(N)C(C#N)(C#N)C(c3ccc(OC(C)C)c(OC)c3)C2C1. The fourth-order valence-electron chi connectivity index (χ4n) is 4.65. The molecule has 1 aromatic rings. The molecule has 2 atom stereocenters. The minimum atomic E-state index is -1.82. The van der Waals surface area contributed by atoms with Crippen LogP contribution in [0.1, 0.15) is 32.3 Å². The van der Waals surface area contributed by atoms with Gasteiger partial charge in [0.15, 0.2) is 16.9 Å². The Labute approximate surface area is 199 Å². The number of benzene rings is 1. The third kappa shape index (κ3) is 4.00. The lowest BCUT2D eigenvalue weighted by Crippen LogP contribution is -2.49. The number of hydrogen-bond acceptors (Lipinski definition) is 8. The Morgan fingerprint density at radius 1 is 1.26 bits per heavy atom. The molecule has 9 nitrogen and oxygen atoms in total. The average molecular weight is 462 g/mol. The van der Waals surface area contributed by atoms with Crippen LogP contribution in [0.2, 0.25) is 0 Å². The van der Waals surface area contributed by atoms with Crippen molar-refractivity contribution in [2.45, 2.75) is 32.8 Å². The van der Waals surface area contributed by atoms with E-state index in [4.69, 9.17) is 19.9 Å². The van der Waals surface area contributed by atoms with E-state index < -0.39 is 23.3 Å². The number of methoxy groups -OCH3 is 1. The Kier molecular flexibility index (Phi) is 7.03. The summed E-state index contributed by atoms with van der Waals surface area (Å²) < 4.78 is 16.5. The van der Waals surface area contributed by atoms with Gasteiger partial charge in [0.25, 0.3) is 0 Å². The van der Waals surface area contributed by atoms with Gasteiger partial charge in [-0.15, -0.1) is 0 Å². The highest BCUT2D eigenvalue weighted by Gasteiger charge is 2.55. The van der Waals surface area contributed by atoms with E-state index in [9.17, 15) is 20.6 Å². The van der Waals surface area contributed by atoms with Gasteiger partial charge >= 0.3 is 6.09 Å². The van der Waals surface area contributed by atoms with E-state index >= 15 is 0 Å². The zero-order valence-corrected chi connectivity index (χ0v) is 19.7. The van der Waals surface area contributed by atoms with Gasteiger partial charge in [0, 0.05) is 24.9 Å². The number of carbonyl (C=O) groups is 1. The fraction of sp³-hybridized carbons (Fsp3) is 0.440. The Balaban J connectivity index is 2.23. The predicted octanol–water partition coefficient (Wildman–Crippen LogP) is 3.36. The van der Waals surface area contributed by atoms with Crippen LogP contribution in [-0.4, -0.2) is 43.9 Å². The van der Waals surface area contributed by atoms with Crippen molar-refractivity contribution in [3.8, 4) is 29.7 Å². The number of hydrogen-bond donors (Lipinski definition) is 1. The zero-order valence-electron chi connectivity index (χ0n) is 19.7. The van der Waals surface area contributed by atoms with Crippen LogP contribution in [-0.2, 0) is 4.74 Å². The van der Waals surface area contributed by atoms with Crippen LogP contribution in [0.5, 0.6) is 11.5 Å². The van der Waals surface area contributed by atoms with E-state index in [0.29, 0.717) is 22.6 Å². The molecule has 1 amide bonds. The Hall–Kier alpha value is -4.16. The number of ether oxygens (including phenoxy) is 3. The zero-order chi connectivity index (χ0) is 25.0. The third-order valence-electron chi connectivity index (χ3n) is 6.10. The highest BCUT2D eigenvalue weighted by molar-refractivity contribution is 5.69.